The molecule has 1 amide bonds. The normalized spacial score (nSPS) is 12.6. The molecule has 118 valence electrons. The van der Waals surface area contributed by atoms with Gasteiger partial charge in [-0.25, -0.2) is 0 Å². The second kappa shape index (κ2) is 8.14. The first kappa shape index (κ1) is 17.7. The number of carbonyl (C=O) groups is 1. The molecular formula is C14H18ClF2NO3. The van der Waals surface area contributed by atoms with Crippen LogP contribution in [0.3, 0.4) is 0 Å². The molecule has 0 aliphatic rings. The van der Waals surface area contributed by atoms with Crippen molar-refractivity contribution in [3.05, 3.63) is 28.8 Å². The van der Waals surface area contributed by atoms with Crippen LogP contribution in [0.25, 0.3) is 0 Å². The van der Waals surface area contributed by atoms with E-state index in [-0.39, 0.29) is 30.7 Å². The van der Waals surface area contributed by atoms with Crippen LogP contribution in [0.2, 0.25) is 5.02 Å². The summed E-state index contributed by atoms with van der Waals surface area (Å²) in [5.41, 5.74) is 0.344. The van der Waals surface area contributed by atoms with Gasteiger partial charge in [0, 0.05) is 17.1 Å². The molecule has 0 fully saturated rings. The number of carbonyl (C=O) groups excluding carboxylic acids is 1. The minimum Gasteiger partial charge on any atom is -0.434 e. The molecule has 0 aliphatic heterocycles. The Morgan fingerprint density at radius 3 is 2.62 bits per heavy atom. The Balaban J connectivity index is 2.78. The Morgan fingerprint density at radius 1 is 1.43 bits per heavy atom. The van der Waals surface area contributed by atoms with Crippen LogP contribution < -0.4 is 10.1 Å². The van der Waals surface area contributed by atoms with Gasteiger partial charge in [-0.15, -0.1) is 0 Å². The fourth-order valence-corrected chi connectivity index (χ4v) is 2.00. The van der Waals surface area contributed by atoms with E-state index in [1.54, 1.807) is 0 Å². The second-order valence-electron chi connectivity index (χ2n) is 4.88. The number of aliphatic hydroxyl groups is 1. The zero-order valence-electron chi connectivity index (χ0n) is 11.8. The highest BCUT2D eigenvalue weighted by Gasteiger charge is 2.21. The molecule has 2 N–H and O–H groups in total. The molecule has 0 aliphatic carbocycles. The molecule has 0 spiro atoms. The molecule has 0 saturated heterocycles. The van der Waals surface area contributed by atoms with Crippen LogP contribution in [0, 0.1) is 11.8 Å². The molecule has 0 heterocycles. The van der Waals surface area contributed by atoms with Gasteiger partial charge in [0.2, 0.25) is 5.91 Å². The number of hydrogen-bond acceptors (Lipinski definition) is 3. The average molecular weight is 322 g/mol. The molecule has 1 rings (SSSR count). The summed E-state index contributed by atoms with van der Waals surface area (Å²) in [6, 6.07) is 4.19. The van der Waals surface area contributed by atoms with Crippen LogP contribution in [-0.4, -0.2) is 24.2 Å². The van der Waals surface area contributed by atoms with E-state index in [0.717, 1.165) is 0 Å². The third-order valence-corrected chi connectivity index (χ3v) is 3.26. The Bertz CT molecular complexity index is 483. The van der Waals surface area contributed by atoms with Crippen molar-refractivity contribution < 1.29 is 23.4 Å². The van der Waals surface area contributed by atoms with Crippen LogP contribution in [-0.2, 0) is 11.3 Å². The number of halogens is 3. The number of nitrogens with one attached hydrogen (secondary N) is 1. The predicted octanol–water partition coefficient (Wildman–Crippen LogP) is 2.82. The molecule has 1 aromatic carbocycles. The zero-order chi connectivity index (χ0) is 16.0. The largest absolute Gasteiger partial charge is 0.434 e. The van der Waals surface area contributed by atoms with Crippen molar-refractivity contribution in [1.82, 2.24) is 5.32 Å². The number of amides is 1. The second-order valence-corrected chi connectivity index (χ2v) is 5.32. The van der Waals surface area contributed by atoms with E-state index in [4.69, 9.17) is 11.6 Å². The molecule has 0 radical (unpaired) electrons. The first-order valence-corrected chi connectivity index (χ1v) is 6.84. The quantitative estimate of drug-likeness (QED) is 0.812. The summed E-state index contributed by atoms with van der Waals surface area (Å²) in [5.74, 6) is -0.981. The number of alkyl halides is 2. The van der Waals surface area contributed by atoms with Gasteiger partial charge in [-0.2, -0.15) is 8.78 Å². The summed E-state index contributed by atoms with van der Waals surface area (Å²) < 4.78 is 29.0. The van der Waals surface area contributed by atoms with E-state index < -0.39 is 12.5 Å². The maximum absolute atomic E-state index is 12.3. The maximum atomic E-state index is 12.3. The standard InChI is InChI=1S/C14H18ClF2NO3/c1-8(2)11(7-19)13(20)18-6-9-5-10(15)3-4-12(9)21-14(16)17/h3-5,8,11,14,19H,6-7H2,1-2H3,(H,18,20)/t11-/m0/s1. The van der Waals surface area contributed by atoms with Crippen molar-refractivity contribution >= 4 is 17.5 Å². The van der Waals surface area contributed by atoms with E-state index in [1.165, 1.54) is 18.2 Å². The van der Waals surface area contributed by atoms with Crippen LogP contribution in [0.1, 0.15) is 19.4 Å². The van der Waals surface area contributed by atoms with Gasteiger partial charge < -0.3 is 15.2 Å². The third kappa shape index (κ3) is 5.47. The number of aliphatic hydroxyl groups excluding tert-OH is 1. The highest BCUT2D eigenvalue weighted by molar-refractivity contribution is 6.30. The molecule has 0 bridgehead atoms. The summed E-state index contributed by atoms with van der Waals surface area (Å²) in [5, 5.41) is 12.1. The van der Waals surface area contributed by atoms with Crippen molar-refractivity contribution in [1.29, 1.82) is 0 Å². The average Bonchev–Trinajstić information content (AvgIpc) is 2.39. The van der Waals surface area contributed by atoms with Gasteiger partial charge in [-0.05, 0) is 24.1 Å². The van der Waals surface area contributed by atoms with E-state index in [9.17, 15) is 18.7 Å². The van der Waals surface area contributed by atoms with Gasteiger partial charge in [0.1, 0.15) is 5.75 Å². The molecule has 0 unspecified atom stereocenters. The Hall–Kier alpha value is -1.40. The summed E-state index contributed by atoms with van der Waals surface area (Å²) in [7, 11) is 0. The predicted molar refractivity (Wildman–Crippen MR) is 75.3 cm³/mol. The Morgan fingerprint density at radius 2 is 2.10 bits per heavy atom. The summed E-state index contributed by atoms with van der Waals surface area (Å²) in [4.78, 5) is 11.9. The number of rotatable bonds is 7. The Kier molecular flexibility index (Phi) is 6.84. The third-order valence-electron chi connectivity index (χ3n) is 3.03. The van der Waals surface area contributed by atoms with Crippen LogP contribution >= 0.6 is 11.6 Å². The lowest BCUT2D eigenvalue weighted by atomic mass is 9.96. The van der Waals surface area contributed by atoms with Gasteiger partial charge in [0.25, 0.3) is 0 Å². The van der Waals surface area contributed by atoms with Crippen molar-refractivity contribution in [3.63, 3.8) is 0 Å². The van der Waals surface area contributed by atoms with Crippen molar-refractivity contribution in [2.24, 2.45) is 11.8 Å². The van der Waals surface area contributed by atoms with E-state index in [2.05, 4.69) is 10.1 Å². The van der Waals surface area contributed by atoms with Crippen molar-refractivity contribution in [3.8, 4) is 5.75 Å². The summed E-state index contributed by atoms with van der Waals surface area (Å²) in [6.07, 6.45) is 0. The lowest BCUT2D eigenvalue weighted by Crippen LogP contribution is -2.35. The van der Waals surface area contributed by atoms with Gasteiger partial charge in [-0.3, -0.25) is 4.79 Å². The zero-order valence-corrected chi connectivity index (χ0v) is 12.5. The van der Waals surface area contributed by atoms with Gasteiger partial charge in [0.15, 0.2) is 0 Å². The van der Waals surface area contributed by atoms with E-state index in [0.29, 0.717) is 10.6 Å². The molecule has 21 heavy (non-hydrogen) atoms. The fraction of sp³-hybridized carbons (Fsp3) is 0.500. The monoisotopic (exact) mass is 321 g/mol. The SMILES string of the molecule is CC(C)[C@H](CO)C(=O)NCc1cc(Cl)ccc1OC(F)F. The molecule has 1 atom stereocenters. The molecule has 1 aromatic rings. The van der Waals surface area contributed by atoms with Gasteiger partial charge in [-0.1, -0.05) is 25.4 Å². The summed E-state index contributed by atoms with van der Waals surface area (Å²) in [6.45, 7) is 0.377. The van der Waals surface area contributed by atoms with E-state index in [1.807, 2.05) is 13.8 Å². The van der Waals surface area contributed by atoms with Crippen LogP contribution in [0.5, 0.6) is 5.75 Å². The fourth-order valence-electron chi connectivity index (χ4n) is 1.81. The minimum absolute atomic E-state index is 0.00926. The molecule has 4 nitrogen and oxygen atoms in total. The number of ether oxygens (including phenoxy) is 1. The smallest absolute Gasteiger partial charge is 0.387 e. The lowest BCUT2D eigenvalue weighted by Gasteiger charge is -2.18. The molecule has 0 saturated carbocycles. The number of benzene rings is 1. The lowest BCUT2D eigenvalue weighted by molar-refractivity contribution is -0.127. The molecule has 0 aromatic heterocycles. The molecular weight excluding hydrogens is 304 g/mol. The number of hydrogen-bond donors (Lipinski definition) is 2. The topological polar surface area (TPSA) is 58.6 Å². The Labute approximate surface area is 127 Å². The first-order chi connectivity index (χ1) is 9.85. The first-order valence-electron chi connectivity index (χ1n) is 6.47. The van der Waals surface area contributed by atoms with Crippen molar-refractivity contribution in [2.45, 2.75) is 27.0 Å². The minimum atomic E-state index is -2.96. The van der Waals surface area contributed by atoms with E-state index >= 15 is 0 Å². The highest BCUT2D eigenvalue weighted by atomic mass is 35.5. The highest BCUT2D eigenvalue weighted by Crippen LogP contribution is 2.24. The van der Waals surface area contributed by atoms with Crippen molar-refractivity contribution in [2.75, 3.05) is 6.61 Å². The molecule has 7 heteroatoms. The maximum Gasteiger partial charge on any atom is 0.387 e. The van der Waals surface area contributed by atoms with Crippen LogP contribution in [0.4, 0.5) is 8.78 Å². The van der Waals surface area contributed by atoms with Gasteiger partial charge >= 0.3 is 6.61 Å². The summed E-state index contributed by atoms with van der Waals surface area (Å²) >= 11 is 5.81. The van der Waals surface area contributed by atoms with Crippen LogP contribution in [0.15, 0.2) is 18.2 Å². The van der Waals surface area contributed by atoms with Gasteiger partial charge in [0.05, 0.1) is 12.5 Å².